The fourth-order valence-corrected chi connectivity index (χ4v) is 8.32. The number of hydrogen-bond acceptors (Lipinski definition) is 2. The molecule has 1 aliphatic heterocycles. The molecular weight excluding hydrogens is 508 g/mol. The molecule has 0 amide bonds. The molecule has 4 unspecified atom stereocenters. The molecule has 0 spiro atoms. The molecule has 4 atom stereocenters. The lowest BCUT2D eigenvalue weighted by atomic mass is 9.43. The van der Waals surface area contributed by atoms with Gasteiger partial charge in [0.2, 0.25) is 0 Å². The molecule has 1 fully saturated rings. The molecule has 204 valence electrons. The SMILES string of the molecule is CC1CC(C2N=C(C34C=CC5=C(C3)C4C5)C=C(c3ccccc3)N2C)=CC=C1C=C1c2ccccc2-c2ccccc21. The first kappa shape index (κ1) is 24.2. The lowest BCUT2D eigenvalue weighted by molar-refractivity contribution is 0.205. The van der Waals surface area contributed by atoms with Crippen molar-refractivity contribution in [3.8, 4) is 11.1 Å². The van der Waals surface area contributed by atoms with Crippen molar-refractivity contribution in [3.63, 3.8) is 0 Å². The number of aliphatic imine (C=N–C) groups is 1. The average Bonchev–Trinajstić information content (AvgIpc) is 3.35. The maximum absolute atomic E-state index is 5.57. The standard InChI is InChI=1S/C40H34N2/c1-25-20-29(17-16-27(25)21-34-32-14-8-6-12-30(32)31-13-7-9-15-33(31)34)39-41-38(40-19-18-28-22-36(40)35(28)24-40)23-37(42(39)2)26-10-4-3-5-11-26/h3-19,21,23,25,36,39H,20,22,24H2,1-2H3. The summed E-state index contributed by atoms with van der Waals surface area (Å²) in [5.41, 5.74) is 16.7. The second-order valence-electron chi connectivity index (χ2n) is 12.9. The van der Waals surface area contributed by atoms with Gasteiger partial charge >= 0.3 is 0 Å². The fraction of sp³-hybridized carbons (Fsp3) is 0.225. The monoisotopic (exact) mass is 542 g/mol. The first-order valence-corrected chi connectivity index (χ1v) is 15.4. The number of hydrogen-bond donors (Lipinski definition) is 0. The Hall–Kier alpha value is -4.43. The lowest BCUT2D eigenvalue weighted by Crippen LogP contribution is -2.55. The lowest BCUT2D eigenvalue weighted by Gasteiger charge is -2.60. The molecule has 6 aliphatic carbocycles. The third-order valence-electron chi connectivity index (χ3n) is 10.7. The first-order valence-electron chi connectivity index (χ1n) is 15.4. The molecule has 3 aromatic rings. The van der Waals surface area contributed by atoms with Crippen LogP contribution in [0.25, 0.3) is 22.4 Å². The van der Waals surface area contributed by atoms with Crippen LogP contribution in [-0.2, 0) is 0 Å². The van der Waals surface area contributed by atoms with Gasteiger partial charge in [-0.15, -0.1) is 0 Å². The van der Waals surface area contributed by atoms with E-state index < -0.39 is 0 Å². The van der Waals surface area contributed by atoms with Crippen LogP contribution >= 0.6 is 0 Å². The summed E-state index contributed by atoms with van der Waals surface area (Å²) in [4.78, 5) is 7.98. The van der Waals surface area contributed by atoms with Gasteiger partial charge in [-0.2, -0.15) is 0 Å². The molecule has 0 radical (unpaired) electrons. The molecule has 4 bridgehead atoms. The molecule has 1 saturated carbocycles. The van der Waals surface area contributed by atoms with Gasteiger partial charge in [-0.1, -0.05) is 122 Å². The van der Waals surface area contributed by atoms with Crippen LogP contribution in [-0.4, -0.2) is 23.8 Å². The van der Waals surface area contributed by atoms with E-state index in [2.05, 4.69) is 134 Å². The summed E-state index contributed by atoms with van der Waals surface area (Å²) < 4.78 is 0. The second kappa shape index (κ2) is 8.79. The van der Waals surface area contributed by atoms with Crippen LogP contribution in [0.2, 0.25) is 0 Å². The largest absolute Gasteiger partial charge is 0.349 e. The summed E-state index contributed by atoms with van der Waals surface area (Å²) in [6.45, 7) is 2.38. The van der Waals surface area contributed by atoms with Crippen molar-refractivity contribution in [2.75, 3.05) is 7.05 Å². The van der Waals surface area contributed by atoms with E-state index in [1.807, 2.05) is 0 Å². The van der Waals surface area contributed by atoms with E-state index in [1.54, 1.807) is 11.1 Å². The topological polar surface area (TPSA) is 15.6 Å². The van der Waals surface area contributed by atoms with Crippen molar-refractivity contribution in [2.45, 2.75) is 32.4 Å². The molecule has 0 aromatic heterocycles. The number of allylic oxidation sites excluding steroid dienone is 9. The van der Waals surface area contributed by atoms with E-state index >= 15 is 0 Å². The van der Waals surface area contributed by atoms with Gasteiger partial charge in [-0.05, 0) is 87.3 Å². The molecule has 1 heterocycles. The van der Waals surface area contributed by atoms with Crippen LogP contribution in [0.15, 0.2) is 143 Å². The number of likely N-dealkylation sites (N-methyl/N-ethyl adjacent to an activating group) is 1. The third-order valence-corrected chi connectivity index (χ3v) is 10.7. The van der Waals surface area contributed by atoms with Crippen LogP contribution in [0.4, 0.5) is 0 Å². The van der Waals surface area contributed by atoms with Gasteiger partial charge in [-0.25, -0.2) is 0 Å². The summed E-state index contributed by atoms with van der Waals surface area (Å²) >= 11 is 0. The molecule has 0 saturated heterocycles. The Morgan fingerprint density at radius 3 is 2.14 bits per heavy atom. The second-order valence-corrected chi connectivity index (χ2v) is 12.9. The average molecular weight is 543 g/mol. The van der Waals surface area contributed by atoms with Crippen molar-refractivity contribution in [1.82, 2.24) is 4.90 Å². The van der Waals surface area contributed by atoms with Crippen LogP contribution in [0.5, 0.6) is 0 Å². The van der Waals surface area contributed by atoms with Gasteiger partial charge in [0.25, 0.3) is 0 Å². The van der Waals surface area contributed by atoms with Crippen molar-refractivity contribution in [2.24, 2.45) is 22.2 Å². The Morgan fingerprint density at radius 1 is 0.833 bits per heavy atom. The van der Waals surface area contributed by atoms with Crippen LogP contribution < -0.4 is 0 Å². The number of fused-ring (bicyclic) bond motifs is 3. The molecule has 7 aliphatic rings. The Balaban J connectivity index is 1.11. The Kier molecular flexibility index (Phi) is 5.06. The van der Waals surface area contributed by atoms with E-state index in [-0.39, 0.29) is 11.6 Å². The molecular formula is C40H34N2. The smallest absolute Gasteiger partial charge is 0.143 e. The molecule has 2 heteroatoms. The molecule has 42 heavy (non-hydrogen) atoms. The zero-order valence-corrected chi connectivity index (χ0v) is 24.2. The zero-order chi connectivity index (χ0) is 28.0. The summed E-state index contributed by atoms with van der Waals surface area (Å²) in [5.74, 6) is 1.08. The van der Waals surface area contributed by atoms with Gasteiger partial charge in [0.05, 0.1) is 5.71 Å². The normalized spacial score (nSPS) is 28.1. The Labute approximate surface area is 248 Å². The highest BCUT2D eigenvalue weighted by Gasteiger charge is 2.59. The van der Waals surface area contributed by atoms with E-state index in [9.17, 15) is 0 Å². The molecule has 2 nitrogen and oxygen atoms in total. The first-order chi connectivity index (χ1) is 20.6. The minimum Gasteiger partial charge on any atom is -0.349 e. The van der Waals surface area contributed by atoms with Gasteiger partial charge in [0.1, 0.15) is 6.17 Å². The molecule has 10 rings (SSSR count). The van der Waals surface area contributed by atoms with Crippen LogP contribution in [0.3, 0.4) is 0 Å². The van der Waals surface area contributed by atoms with Crippen molar-refractivity contribution in [3.05, 3.63) is 154 Å². The van der Waals surface area contributed by atoms with E-state index in [1.165, 1.54) is 62.4 Å². The minimum atomic E-state index is 0.0123. The highest BCUT2D eigenvalue weighted by atomic mass is 15.2. The van der Waals surface area contributed by atoms with Gasteiger partial charge in [0, 0.05) is 18.2 Å². The maximum atomic E-state index is 5.57. The molecule has 0 N–H and O–H groups in total. The number of rotatable bonds is 4. The predicted octanol–water partition coefficient (Wildman–Crippen LogP) is 9.02. The van der Waals surface area contributed by atoms with E-state index in [0.717, 1.165) is 12.8 Å². The van der Waals surface area contributed by atoms with Gasteiger partial charge in [-0.3, -0.25) is 4.99 Å². The summed E-state index contributed by atoms with van der Waals surface area (Å²) in [5, 5.41) is 0. The summed E-state index contributed by atoms with van der Waals surface area (Å²) in [6, 6.07) is 28.6. The highest BCUT2D eigenvalue weighted by molar-refractivity contribution is 6.09. The Bertz CT molecular complexity index is 1840. The van der Waals surface area contributed by atoms with Gasteiger partial charge < -0.3 is 4.90 Å². The highest BCUT2D eigenvalue weighted by Crippen LogP contribution is 2.67. The quantitative estimate of drug-likeness (QED) is 0.251. The fourth-order valence-electron chi connectivity index (χ4n) is 8.32. The maximum Gasteiger partial charge on any atom is 0.143 e. The van der Waals surface area contributed by atoms with Crippen LogP contribution in [0, 0.1) is 17.3 Å². The van der Waals surface area contributed by atoms with E-state index in [4.69, 9.17) is 4.99 Å². The zero-order valence-electron chi connectivity index (χ0n) is 24.2. The van der Waals surface area contributed by atoms with Gasteiger partial charge in [0.15, 0.2) is 0 Å². The summed E-state index contributed by atoms with van der Waals surface area (Å²) in [6.07, 6.45) is 17.8. The molecule has 3 aromatic carbocycles. The van der Waals surface area contributed by atoms with Crippen molar-refractivity contribution < 1.29 is 0 Å². The van der Waals surface area contributed by atoms with Crippen LogP contribution in [0.1, 0.15) is 42.9 Å². The number of nitrogens with zero attached hydrogens (tertiary/aromatic N) is 2. The minimum absolute atomic E-state index is 0.0123. The summed E-state index contributed by atoms with van der Waals surface area (Å²) in [7, 11) is 2.23. The third kappa shape index (κ3) is 3.30. The van der Waals surface area contributed by atoms with Crippen molar-refractivity contribution >= 4 is 17.0 Å². The Morgan fingerprint density at radius 2 is 1.52 bits per heavy atom. The number of benzene rings is 3. The predicted molar refractivity (Wildman–Crippen MR) is 174 cm³/mol. The van der Waals surface area contributed by atoms with E-state index in [0.29, 0.717) is 11.8 Å². The van der Waals surface area contributed by atoms with Crippen molar-refractivity contribution in [1.29, 1.82) is 0 Å².